The minimum absolute atomic E-state index is 0.459. The van der Waals surface area contributed by atoms with E-state index >= 15 is 0 Å². The number of β-amino-alcohol motifs (C(OH)–C–C–N with tert-alkyl or cyclic N) is 1. The predicted molar refractivity (Wildman–Crippen MR) is 55.2 cm³/mol. The fraction of sp³-hybridized carbons (Fsp3) is 0.500. The Kier molecular flexibility index (Phi) is 2.65. The lowest BCUT2D eigenvalue weighted by molar-refractivity contribution is 0.151. The van der Waals surface area contributed by atoms with Gasteiger partial charge in [-0.1, -0.05) is 6.07 Å². The number of pyridine rings is 1. The van der Waals surface area contributed by atoms with Crippen molar-refractivity contribution in [3.8, 4) is 0 Å². The molecule has 1 unspecified atom stereocenters. The van der Waals surface area contributed by atoms with Crippen LogP contribution in [-0.4, -0.2) is 36.0 Å². The van der Waals surface area contributed by atoms with Gasteiger partial charge in [-0.25, -0.2) is 4.98 Å². The fourth-order valence-electron chi connectivity index (χ4n) is 1.59. The van der Waals surface area contributed by atoms with Crippen molar-refractivity contribution in [3.05, 3.63) is 23.9 Å². The second-order valence-electron chi connectivity index (χ2n) is 3.57. The van der Waals surface area contributed by atoms with Crippen molar-refractivity contribution >= 4 is 5.82 Å². The van der Waals surface area contributed by atoms with Crippen LogP contribution in [0, 0.1) is 6.92 Å². The summed E-state index contributed by atoms with van der Waals surface area (Å²) in [5.74, 6) is 0.851. The summed E-state index contributed by atoms with van der Waals surface area (Å²) in [7, 11) is 0. The number of hydrogen-bond acceptors (Lipinski definition) is 4. The summed E-state index contributed by atoms with van der Waals surface area (Å²) in [5, 5.41) is 12.8. The van der Waals surface area contributed by atoms with Crippen LogP contribution in [0.1, 0.15) is 5.56 Å². The Balaban J connectivity index is 2.16. The molecule has 1 saturated heterocycles. The quantitative estimate of drug-likeness (QED) is 0.665. The number of nitrogens with zero attached hydrogens (tertiary/aromatic N) is 2. The van der Waals surface area contributed by atoms with Crippen molar-refractivity contribution in [2.45, 2.75) is 13.2 Å². The maximum absolute atomic E-state index is 9.72. The minimum atomic E-state index is -0.459. The Bertz CT molecular complexity index is 299. The molecular weight excluding hydrogens is 178 g/mol. The molecule has 1 aliphatic heterocycles. The number of anilines is 1. The van der Waals surface area contributed by atoms with E-state index in [1.165, 1.54) is 0 Å². The maximum Gasteiger partial charge on any atom is 0.140 e. The highest BCUT2D eigenvalue weighted by molar-refractivity contribution is 5.40. The molecule has 2 N–H and O–H groups in total. The second-order valence-corrected chi connectivity index (χ2v) is 3.57. The molecule has 1 aromatic heterocycles. The van der Waals surface area contributed by atoms with E-state index in [1.54, 1.807) is 0 Å². The molecule has 0 amide bonds. The third kappa shape index (κ3) is 1.86. The van der Waals surface area contributed by atoms with Gasteiger partial charge in [0.1, 0.15) is 12.0 Å². The molecule has 2 rings (SSSR count). The van der Waals surface area contributed by atoms with E-state index in [2.05, 4.69) is 10.3 Å². The predicted octanol–water partition coefficient (Wildman–Crippen LogP) is 0.118. The SMILES string of the molecule is Cc1ccc(N2CCNCC2O)nc1. The van der Waals surface area contributed by atoms with E-state index in [0.29, 0.717) is 6.54 Å². The molecule has 4 nitrogen and oxygen atoms in total. The van der Waals surface area contributed by atoms with E-state index in [0.717, 1.165) is 24.5 Å². The lowest BCUT2D eigenvalue weighted by Gasteiger charge is -2.33. The molecular formula is C10H15N3O. The molecule has 76 valence electrons. The van der Waals surface area contributed by atoms with E-state index in [9.17, 15) is 5.11 Å². The molecule has 1 aromatic rings. The number of piperazine rings is 1. The number of rotatable bonds is 1. The summed E-state index contributed by atoms with van der Waals surface area (Å²) in [4.78, 5) is 6.20. The van der Waals surface area contributed by atoms with E-state index in [1.807, 2.05) is 30.2 Å². The monoisotopic (exact) mass is 193 g/mol. The Hall–Kier alpha value is -1.13. The molecule has 1 fully saturated rings. The van der Waals surface area contributed by atoms with Crippen molar-refractivity contribution in [1.82, 2.24) is 10.3 Å². The normalized spacial score (nSPS) is 22.4. The highest BCUT2D eigenvalue weighted by atomic mass is 16.3. The summed E-state index contributed by atoms with van der Waals surface area (Å²) in [6.45, 7) is 4.31. The van der Waals surface area contributed by atoms with Crippen LogP contribution in [-0.2, 0) is 0 Å². The molecule has 0 aromatic carbocycles. The Morgan fingerprint density at radius 3 is 3.07 bits per heavy atom. The van der Waals surface area contributed by atoms with Crippen molar-refractivity contribution in [3.63, 3.8) is 0 Å². The van der Waals surface area contributed by atoms with Crippen LogP contribution < -0.4 is 10.2 Å². The lowest BCUT2D eigenvalue weighted by atomic mass is 10.3. The molecule has 14 heavy (non-hydrogen) atoms. The first-order valence-electron chi connectivity index (χ1n) is 4.85. The lowest BCUT2D eigenvalue weighted by Crippen LogP contribution is -2.51. The van der Waals surface area contributed by atoms with Gasteiger partial charge in [-0.15, -0.1) is 0 Å². The number of aliphatic hydroxyl groups excluding tert-OH is 1. The van der Waals surface area contributed by atoms with Gasteiger partial charge < -0.3 is 15.3 Å². The molecule has 1 atom stereocenters. The molecule has 2 heterocycles. The van der Waals surface area contributed by atoms with Gasteiger partial charge in [0.15, 0.2) is 0 Å². The number of nitrogens with one attached hydrogen (secondary N) is 1. The van der Waals surface area contributed by atoms with Gasteiger partial charge >= 0.3 is 0 Å². The Morgan fingerprint density at radius 1 is 1.57 bits per heavy atom. The van der Waals surface area contributed by atoms with Crippen LogP contribution in [0.2, 0.25) is 0 Å². The Morgan fingerprint density at radius 2 is 2.43 bits per heavy atom. The molecule has 4 heteroatoms. The molecule has 1 aliphatic rings. The molecule has 0 saturated carbocycles. The summed E-state index contributed by atoms with van der Waals surface area (Å²) >= 11 is 0. The van der Waals surface area contributed by atoms with E-state index in [-0.39, 0.29) is 0 Å². The zero-order chi connectivity index (χ0) is 9.97. The van der Waals surface area contributed by atoms with Gasteiger partial charge in [0, 0.05) is 25.8 Å². The average molecular weight is 193 g/mol. The maximum atomic E-state index is 9.72. The van der Waals surface area contributed by atoms with Crippen molar-refractivity contribution in [1.29, 1.82) is 0 Å². The molecule has 0 bridgehead atoms. The fourth-order valence-corrected chi connectivity index (χ4v) is 1.59. The number of aliphatic hydroxyl groups is 1. The standard InChI is InChI=1S/C10H15N3O/c1-8-2-3-9(12-6-8)13-5-4-11-7-10(13)14/h2-3,6,10-11,14H,4-5,7H2,1H3. The minimum Gasteiger partial charge on any atom is -0.372 e. The first kappa shape index (κ1) is 9.43. The number of aryl methyl sites for hydroxylation is 1. The van der Waals surface area contributed by atoms with Gasteiger partial charge in [-0.3, -0.25) is 0 Å². The van der Waals surface area contributed by atoms with Gasteiger partial charge in [-0.05, 0) is 18.6 Å². The number of hydrogen-bond donors (Lipinski definition) is 2. The van der Waals surface area contributed by atoms with Crippen LogP contribution in [0.25, 0.3) is 0 Å². The third-order valence-corrected chi connectivity index (χ3v) is 2.41. The van der Waals surface area contributed by atoms with Crippen LogP contribution in [0.15, 0.2) is 18.3 Å². The van der Waals surface area contributed by atoms with E-state index in [4.69, 9.17) is 0 Å². The van der Waals surface area contributed by atoms with Crippen LogP contribution in [0.5, 0.6) is 0 Å². The highest BCUT2D eigenvalue weighted by Crippen LogP contribution is 2.14. The molecule has 0 aliphatic carbocycles. The van der Waals surface area contributed by atoms with Crippen LogP contribution in [0.3, 0.4) is 0 Å². The van der Waals surface area contributed by atoms with Crippen molar-refractivity contribution in [2.24, 2.45) is 0 Å². The summed E-state index contributed by atoms with van der Waals surface area (Å²) < 4.78 is 0. The zero-order valence-electron chi connectivity index (χ0n) is 8.27. The van der Waals surface area contributed by atoms with Gasteiger partial charge in [-0.2, -0.15) is 0 Å². The van der Waals surface area contributed by atoms with Gasteiger partial charge in [0.25, 0.3) is 0 Å². The largest absolute Gasteiger partial charge is 0.372 e. The van der Waals surface area contributed by atoms with E-state index < -0.39 is 6.23 Å². The third-order valence-electron chi connectivity index (χ3n) is 2.41. The molecule has 0 spiro atoms. The summed E-state index contributed by atoms with van der Waals surface area (Å²) in [5.41, 5.74) is 1.14. The first-order valence-corrected chi connectivity index (χ1v) is 4.85. The highest BCUT2D eigenvalue weighted by Gasteiger charge is 2.20. The topological polar surface area (TPSA) is 48.4 Å². The van der Waals surface area contributed by atoms with Crippen molar-refractivity contribution < 1.29 is 5.11 Å². The summed E-state index contributed by atoms with van der Waals surface area (Å²) in [6.07, 6.45) is 1.36. The molecule has 0 radical (unpaired) electrons. The summed E-state index contributed by atoms with van der Waals surface area (Å²) in [6, 6.07) is 3.96. The second kappa shape index (κ2) is 3.94. The van der Waals surface area contributed by atoms with Crippen LogP contribution >= 0.6 is 0 Å². The Labute approximate surface area is 83.6 Å². The van der Waals surface area contributed by atoms with Crippen LogP contribution in [0.4, 0.5) is 5.82 Å². The van der Waals surface area contributed by atoms with Crippen molar-refractivity contribution in [2.75, 3.05) is 24.5 Å². The van der Waals surface area contributed by atoms with Gasteiger partial charge in [0.05, 0.1) is 0 Å². The van der Waals surface area contributed by atoms with Gasteiger partial charge in [0.2, 0.25) is 0 Å². The first-order chi connectivity index (χ1) is 6.77. The zero-order valence-corrected chi connectivity index (χ0v) is 8.27. The number of aromatic nitrogens is 1. The average Bonchev–Trinajstić information content (AvgIpc) is 2.20. The smallest absolute Gasteiger partial charge is 0.140 e.